The van der Waals surface area contributed by atoms with Gasteiger partial charge >= 0.3 is 0 Å². The molecule has 0 bridgehead atoms. The van der Waals surface area contributed by atoms with Crippen molar-refractivity contribution in [3.05, 3.63) is 58.9 Å². The molecule has 0 aliphatic carbocycles. The van der Waals surface area contributed by atoms with Crippen LogP contribution in [0.4, 0.5) is 23.2 Å². The Morgan fingerprint density at radius 1 is 1.05 bits per heavy atom. The molecule has 100 valence electrons. The number of hydrogen-bond acceptors (Lipinski definition) is 2. The quantitative estimate of drug-likeness (QED) is 0.681. The van der Waals surface area contributed by atoms with Gasteiger partial charge in [-0.05, 0) is 18.6 Å². The predicted molar refractivity (Wildman–Crippen MR) is 62.6 cm³/mol. The molecule has 2 aromatic rings. The first-order chi connectivity index (χ1) is 8.99. The highest BCUT2D eigenvalue weighted by Crippen LogP contribution is 2.24. The number of benzene rings is 1. The highest BCUT2D eigenvalue weighted by Gasteiger charge is 2.18. The zero-order valence-corrected chi connectivity index (χ0v) is 9.98. The Hall–Kier alpha value is -2.11. The summed E-state index contributed by atoms with van der Waals surface area (Å²) in [5, 5.41) is 2.31. The van der Waals surface area contributed by atoms with Gasteiger partial charge in [0.2, 0.25) is 0 Å². The number of nitrogens with one attached hydrogen (secondary N) is 1. The largest absolute Gasteiger partial charge is 0.374 e. The van der Waals surface area contributed by atoms with E-state index in [1.165, 1.54) is 0 Å². The Kier molecular flexibility index (Phi) is 3.69. The number of aromatic nitrogens is 1. The maximum atomic E-state index is 13.3. The number of halogens is 4. The smallest absolute Gasteiger partial charge is 0.185 e. The van der Waals surface area contributed by atoms with Crippen LogP contribution in [0.5, 0.6) is 0 Å². The topological polar surface area (TPSA) is 24.9 Å². The maximum Gasteiger partial charge on any atom is 0.185 e. The molecule has 1 aromatic heterocycles. The highest BCUT2D eigenvalue weighted by molar-refractivity contribution is 5.47. The van der Waals surface area contributed by atoms with Crippen molar-refractivity contribution in [2.24, 2.45) is 0 Å². The summed E-state index contributed by atoms with van der Waals surface area (Å²) < 4.78 is 52.6. The molecular weight excluding hydrogens is 260 g/mol. The standard InChI is InChI=1S/C13H10F4N2/c1-7-2-3-8(18-5-7)6-19-13-11(16)9(14)4-10(15)12(13)17/h2-5,19H,6H2,1H3. The van der Waals surface area contributed by atoms with Gasteiger partial charge in [-0.15, -0.1) is 0 Å². The summed E-state index contributed by atoms with van der Waals surface area (Å²) in [6.07, 6.45) is 1.58. The molecule has 0 atom stereocenters. The van der Waals surface area contributed by atoms with Gasteiger partial charge in [0.05, 0.1) is 12.2 Å². The third-order valence-electron chi connectivity index (χ3n) is 2.53. The van der Waals surface area contributed by atoms with Crippen LogP contribution in [0.3, 0.4) is 0 Å². The van der Waals surface area contributed by atoms with Crippen LogP contribution in [0.15, 0.2) is 24.4 Å². The second-order valence-corrected chi connectivity index (χ2v) is 4.02. The van der Waals surface area contributed by atoms with E-state index in [-0.39, 0.29) is 12.6 Å². The van der Waals surface area contributed by atoms with Crippen molar-refractivity contribution >= 4 is 5.69 Å². The van der Waals surface area contributed by atoms with E-state index in [9.17, 15) is 17.6 Å². The lowest BCUT2D eigenvalue weighted by Crippen LogP contribution is -2.08. The van der Waals surface area contributed by atoms with E-state index in [1.807, 2.05) is 6.92 Å². The van der Waals surface area contributed by atoms with Gasteiger partial charge in [0.25, 0.3) is 0 Å². The molecule has 2 rings (SSSR count). The molecule has 19 heavy (non-hydrogen) atoms. The fourth-order valence-electron chi connectivity index (χ4n) is 1.51. The average molecular weight is 270 g/mol. The van der Waals surface area contributed by atoms with Crippen molar-refractivity contribution in [1.29, 1.82) is 0 Å². The van der Waals surface area contributed by atoms with Crippen LogP contribution in [0.2, 0.25) is 0 Å². The normalized spacial score (nSPS) is 10.6. The van der Waals surface area contributed by atoms with Gasteiger partial charge in [0.1, 0.15) is 5.69 Å². The fourth-order valence-corrected chi connectivity index (χ4v) is 1.51. The number of anilines is 1. The summed E-state index contributed by atoms with van der Waals surface area (Å²) in [6, 6.07) is 3.58. The Balaban J connectivity index is 2.22. The van der Waals surface area contributed by atoms with Crippen molar-refractivity contribution in [2.45, 2.75) is 13.5 Å². The van der Waals surface area contributed by atoms with Crippen molar-refractivity contribution in [1.82, 2.24) is 4.98 Å². The Morgan fingerprint density at radius 3 is 2.21 bits per heavy atom. The Bertz CT molecular complexity index is 570. The summed E-state index contributed by atoms with van der Waals surface area (Å²) in [5.74, 6) is -5.80. The van der Waals surface area contributed by atoms with Crippen LogP contribution in [0, 0.1) is 30.2 Å². The summed E-state index contributed by atoms with van der Waals surface area (Å²) in [5.41, 5.74) is 0.590. The van der Waals surface area contributed by atoms with Gasteiger partial charge in [-0.25, -0.2) is 17.6 Å². The van der Waals surface area contributed by atoms with Gasteiger partial charge in [-0.2, -0.15) is 0 Å². The molecule has 1 heterocycles. The number of pyridine rings is 1. The van der Waals surface area contributed by atoms with Crippen LogP contribution in [0.1, 0.15) is 11.3 Å². The first-order valence-corrected chi connectivity index (χ1v) is 5.47. The summed E-state index contributed by atoms with van der Waals surface area (Å²) in [7, 11) is 0. The lowest BCUT2D eigenvalue weighted by Gasteiger charge is -2.09. The number of aryl methyl sites for hydroxylation is 1. The molecule has 1 N–H and O–H groups in total. The van der Waals surface area contributed by atoms with Crippen LogP contribution < -0.4 is 5.32 Å². The van der Waals surface area contributed by atoms with E-state index in [2.05, 4.69) is 10.3 Å². The molecule has 0 aliphatic heterocycles. The zero-order valence-electron chi connectivity index (χ0n) is 9.98. The first-order valence-electron chi connectivity index (χ1n) is 5.47. The lowest BCUT2D eigenvalue weighted by molar-refractivity contribution is 0.458. The molecule has 1 aromatic carbocycles. The molecule has 0 aliphatic rings. The molecule has 2 nitrogen and oxygen atoms in total. The minimum atomic E-state index is -1.45. The van der Waals surface area contributed by atoms with Crippen molar-refractivity contribution in [3.8, 4) is 0 Å². The van der Waals surface area contributed by atoms with Gasteiger partial charge in [0.15, 0.2) is 23.3 Å². The van der Waals surface area contributed by atoms with Gasteiger partial charge < -0.3 is 5.32 Å². The third-order valence-corrected chi connectivity index (χ3v) is 2.53. The third kappa shape index (κ3) is 2.83. The molecule has 0 unspecified atom stereocenters. The van der Waals surface area contributed by atoms with E-state index < -0.39 is 29.0 Å². The SMILES string of the molecule is Cc1ccc(CNc2c(F)c(F)cc(F)c2F)nc1. The van der Waals surface area contributed by atoms with Gasteiger partial charge in [0, 0.05) is 12.3 Å². The van der Waals surface area contributed by atoms with Gasteiger partial charge in [-0.3, -0.25) is 4.98 Å². The Labute approximate surface area is 107 Å². The molecule has 6 heteroatoms. The average Bonchev–Trinajstić information content (AvgIpc) is 2.38. The molecule has 0 saturated heterocycles. The molecular formula is C13H10F4N2. The number of nitrogens with zero attached hydrogens (tertiary/aromatic N) is 1. The maximum absolute atomic E-state index is 13.3. The molecule has 0 saturated carbocycles. The summed E-state index contributed by atoms with van der Waals surface area (Å²) >= 11 is 0. The van der Waals surface area contributed by atoms with E-state index in [0.29, 0.717) is 5.69 Å². The predicted octanol–water partition coefficient (Wildman–Crippen LogP) is 3.56. The van der Waals surface area contributed by atoms with Crippen molar-refractivity contribution in [3.63, 3.8) is 0 Å². The highest BCUT2D eigenvalue weighted by atomic mass is 19.2. The van der Waals surface area contributed by atoms with E-state index in [1.54, 1.807) is 18.3 Å². The van der Waals surface area contributed by atoms with E-state index >= 15 is 0 Å². The minimum Gasteiger partial charge on any atom is -0.374 e. The minimum absolute atomic E-state index is 0.0446. The zero-order chi connectivity index (χ0) is 14.0. The van der Waals surface area contributed by atoms with Crippen LogP contribution in [-0.4, -0.2) is 4.98 Å². The van der Waals surface area contributed by atoms with Crippen LogP contribution in [0.25, 0.3) is 0 Å². The summed E-state index contributed by atoms with van der Waals surface area (Å²) in [4.78, 5) is 4.00. The van der Waals surface area contributed by atoms with Crippen LogP contribution in [-0.2, 0) is 6.54 Å². The fraction of sp³-hybridized carbons (Fsp3) is 0.154. The lowest BCUT2D eigenvalue weighted by atomic mass is 10.2. The second-order valence-electron chi connectivity index (χ2n) is 4.02. The van der Waals surface area contributed by atoms with E-state index in [4.69, 9.17) is 0 Å². The van der Waals surface area contributed by atoms with Gasteiger partial charge in [-0.1, -0.05) is 6.07 Å². The summed E-state index contributed by atoms with van der Waals surface area (Å²) in [6.45, 7) is 1.79. The van der Waals surface area contributed by atoms with Crippen LogP contribution >= 0.6 is 0 Å². The number of rotatable bonds is 3. The molecule has 0 spiro atoms. The monoisotopic (exact) mass is 270 g/mol. The number of hydrogen-bond donors (Lipinski definition) is 1. The van der Waals surface area contributed by atoms with Crippen molar-refractivity contribution in [2.75, 3.05) is 5.32 Å². The molecule has 0 amide bonds. The first kappa shape index (κ1) is 13.3. The second kappa shape index (κ2) is 5.26. The molecule has 0 fully saturated rings. The van der Waals surface area contributed by atoms with Crippen molar-refractivity contribution < 1.29 is 17.6 Å². The van der Waals surface area contributed by atoms with E-state index in [0.717, 1.165) is 5.56 Å². The molecule has 0 radical (unpaired) electrons. The Morgan fingerprint density at radius 2 is 1.68 bits per heavy atom.